The molecule has 1 fully saturated rings. The molecule has 1 aliphatic carbocycles. The molecule has 1 aliphatic rings. The zero-order valence-electron chi connectivity index (χ0n) is 7.64. The van der Waals surface area contributed by atoms with Crippen LogP contribution >= 0.6 is 0 Å². The Kier molecular flexibility index (Phi) is 3.32. The number of hydrogen-bond donors (Lipinski definition) is 0. The van der Waals surface area contributed by atoms with Gasteiger partial charge >= 0.3 is 5.97 Å². The highest BCUT2D eigenvalue weighted by atomic mass is 16.5. The van der Waals surface area contributed by atoms with Crippen molar-refractivity contribution < 1.29 is 9.53 Å². The quantitative estimate of drug-likeness (QED) is 0.467. The van der Waals surface area contributed by atoms with Gasteiger partial charge in [-0.25, -0.2) is 0 Å². The van der Waals surface area contributed by atoms with Crippen molar-refractivity contribution in [3.8, 4) is 0 Å². The fourth-order valence-electron chi connectivity index (χ4n) is 1.61. The first-order chi connectivity index (χ1) is 5.74. The van der Waals surface area contributed by atoms with Gasteiger partial charge in [-0.2, -0.15) is 0 Å². The van der Waals surface area contributed by atoms with Crippen LogP contribution in [0.2, 0.25) is 0 Å². The molecule has 0 amide bonds. The summed E-state index contributed by atoms with van der Waals surface area (Å²) >= 11 is 0. The molecular formula is C10H16O2. The molecular weight excluding hydrogens is 152 g/mol. The maximum absolute atomic E-state index is 11.3. The van der Waals surface area contributed by atoms with E-state index >= 15 is 0 Å². The third-order valence-corrected chi connectivity index (χ3v) is 2.24. The molecule has 12 heavy (non-hydrogen) atoms. The molecule has 0 spiro atoms. The largest absolute Gasteiger partial charge is 0.466 e. The fourth-order valence-corrected chi connectivity index (χ4v) is 1.61. The Morgan fingerprint density at radius 2 is 2.50 bits per heavy atom. The van der Waals surface area contributed by atoms with E-state index in [1.807, 2.05) is 6.92 Å². The van der Waals surface area contributed by atoms with Crippen LogP contribution in [0.4, 0.5) is 0 Å². The van der Waals surface area contributed by atoms with Crippen molar-refractivity contribution >= 4 is 5.97 Å². The van der Waals surface area contributed by atoms with Crippen LogP contribution in [0.5, 0.6) is 0 Å². The summed E-state index contributed by atoms with van der Waals surface area (Å²) in [5.41, 5.74) is 1.19. The maximum Gasteiger partial charge on any atom is 0.309 e. The molecule has 0 heterocycles. The van der Waals surface area contributed by atoms with Gasteiger partial charge in [-0.3, -0.25) is 4.79 Å². The molecule has 0 bridgehead atoms. The smallest absolute Gasteiger partial charge is 0.309 e. The summed E-state index contributed by atoms with van der Waals surface area (Å²) in [5, 5.41) is 0. The lowest BCUT2D eigenvalue weighted by molar-refractivity contribution is -0.148. The van der Waals surface area contributed by atoms with Crippen molar-refractivity contribution in [2.75, 3.05) is 6.61 Å². The van der Waals surface area contributed by atoms with Crippen molar-refractivity contribution in [3.63, 3.8) is 0 Å². The minimum atomic E-state index is -0.0432. The highest BCUT2D eigenvalue weighted by molar-refractivity contribution is 5.72. The molecule has 2 heteroatoms. The van der Waals surface area contributed by atoms with Gasteiger partial charge in [0.15, 0.2) is 0 Å². The van der Waals surface area contributed by atoms with Gasteiger partial charge in [0.05, 0.1) is 12.5 Å². The second-order valence-corrected chi connectivity index (χ2v) is 3.30. The van der Waals surface area contributed by atoms with Crippen LogP contribution in [0.3, 0.4) is 0 Å². The van der Waals surface area contributed by atoms with E-state index in [9.17, 15) is 4.79 Å². The van der Waals surface area contributed by atoms with Crippen molar-refractivity contribution in [1.82, 2.24) is 0 Å². The monoisotopic (exact) mass is 168 g/mol. The fraction of sp³-hybridized carbons (Fsp3) is 0.700. The van der Waals surface area contributed by atoms with E-state index < -0.39 is 0 Å². The summed E-state index contributed by atoms with van der Waals surface area (Å²) in [6.07, 6.45) is 3.97. The van der Waals surface area contributed by atoms with E-state index in [-0.39, 0.29) is 11.9 Å². The summed E-state index contributed by atoms with van der Waals surface area (Å²) in [4.78, 5) is 11.3. The summed E-state index contributed by atoms with van der Waals surface area (Å²) < 4.78 is 4.95. The average Bonchev–Trinajstić information content (AvgIpc) is 2.05. The number of hydrogen-bond acceptors (Lipinski definition) is 2. The standard InChI is InChI=1S/C10H16O2/c1-3-12-10(11)9-6-4-5-8(2)7-9/h9H,2-7H2,1H3. The first-order valence-electron chi connectivity index (χ1n) is 4.57. The number of carbonyl (C=O) groups excluding carboxylic acids is 1. The third-order valence-electron chi connectivity index (χ3n) is 2.24. The molecule has 0 aromatic heterocycles. The van der Waals surface area contributed by atoms with E-state index in [0.717, 1.165) is 25.7 Å². The molecule has 0 radical (unpaired) electrons. The van der Waals surface area contributed by atoms with Gasteiger partial charge < -0.3 is 4.74 Å². The Bertz CT molecular complexity index is 184. The molecule has 1 saturated carbocycles. The molecule has 0 saturated heterocycles. The zero-order chi connectivity index (χ0) is 8.97. The molecule has 0 aromatic rings. The van der Waals surface area contributed by atoms with Crippen molar-refractivity contribution in [2.24, 2.45) is 5.92 Å². The first-order valence-corrected chi connectivity index (χ1v) is 4.57. The lowest BCUT2D eigenvalue weighted by Gasteiger charge is -2.21. The van der Waals surface area contributed by atoms with Gasteiger partial charge in [0.25, 0.3) is 0 Å². The topological polar surface area (TPSA) is 26.3 Å². The van der Waals surface area contributed by atoms with Crippen molar-refractivity contribution in [2.45, 2.75) is 32.6 Å². The number of ether oxygens (including phenoxy) is 1. The van der Waals surface area contributed by atoms with E-state index in [1.165, 1.54) is 5.57 Å². The van der Waals surface area contributed by atoms with Gasteiger partial charge in [-0.1, -0.05) is 12.2 Å². The highest BCUT2D eigenvalue weighted by Gasteiger charge is 2.23. The van der Waals surface area contributed by atoms with Crippen LogP contribution < -0.4 is 0 Å². The SMILES string of the molecule is C=C1CCCC(C(=O)OCC)C1. The predicted octanol–water partition coefficient (Wildman–Crippen LogP) is 2.30. The second kappa shape index (κ2) is 4.29. The van der Waals surface area contributed by atoms with Gasteiger partial charge in [0.1, 0.15) is 0 Å². The highest BCUT2D eigenvalue weighted by Crippen LogP contribution is 2.27. The molecule has 1 atom stereocenters. The molecule has 68 valence electrons. The number of esters is 1. The number of allylic oxidation sites excluding steroid dienone is 1. The maximum atomic E-state index is 11.3. The number of carbonyl (C=O) groups is 1. The Balaban J connectivity index is 2.40. The van der Waals surface area contributed by atoms with Crippen LogP contribution in [0.15, 0.2) is 12.2 Å². The molecule has 0 aliphatic heterocycles. The van der Waals surface area contributed by atoms with Gasteiger partial charge in [-0.05, 0) is 32.6 Å². The van der Waals surface area contributed by atoms with Crippen molar-refractivity contribution in [3.05, 3.63) is 12.2 Å². The number of rotatable bonds is 2. The van der Waals surface area contributed by atoms with Crippen LogP contribution in [0.1, 0.15) is 32.6 Å². The molecule has 1 rings (SSSR count). The first kappa shape index (κ1) is 9.30. The van der Waals surface area contributed by atoms with Crippen molar-refractivity contribution in [1.29, 1.82) is 0 Å². The Labute approximate surface area is 73.6 Å². The van der Waals surface area contributed by atoms with Crippen LogP contribution in [0.25, 0.3) is 0 Å². The Hall–Kier alpha value is -0.790. The Morgan fingerprint density at radius 1 is 1.75 bits per heavy atom. The minimum absolute atomic E-state index is 0.0432. The summed E-state index contributed by atoms with van der Waals surface area (Å²) in [6, 6.07) is 0. The molecule has 0 aromatic carbocycles. The van der Waals surface area contributed by atoms with Gasteiger partial charge in [0, 0.05) is 0 Å². The van der Waals surface area contributed by atoms with E-state index in [1.54, 1.807) is 0 Å². The predicted molar refractivity (Wildman–Crippen MR) is 47.7 cm³/mol. The normalized spacial score (nSPS) is 23.8. The van der Waals surface area contributed by atoms with Crippen LogP contribution in [0, 0.1) is 5.92 Å². The molecule has 0 N–H and O–H groups in total. The van der Waals surface area contributed by atoms with Gasteiger partial charge in [-0.15, -0.1) is 0 Å². The minimum Gasteiger partial charge on any atom is -0.466 e. The third kappa shape index (κ3) is 2.36. The summed E-state index contributed by atoms with van der Waals surface area (Å²) in [7, 11) is 0. The lowest BCUT2D eigenvalue weighted by atomic mass is 9.86. The van der Waals surface area contributed by atoms with Crippen LogP contribution in [-0.2, 0) is 9.53 Å². The summed E-state index contributed by atoms with van der Waals surface area (Å²) in [5.74, 6) is 0.0459. The summed E-state index contributed by atoms with van der Waals surface area (Å²) in [6.45, 7) is 6.23. The molecule has 1 unspecified atom stereocenters. The van der Waals surface area contributed by atoms with E-state index in [2.05, 4.69) is 6.58 Å². The zero-order valence-corrected chi connectivity index (χ0v) is 7.64. The van der Waals surface area contributed by atoms with E-state index in [0.29, 0.717) is 6.61 Å². The Morgan fingerprint density at radius 3 is 3.08 bits per heavy atom. The second-order valence-electron chi connectivity index (χ2n) is 3.30. The van der Waals surface area contributed by atoms with E-state index in [4.69, 9.17) is 4.74 Å². The average molecular weight is 168 g/mol. The van der Waals surface area contributed by atoms with Crippen LogP contribution in [-0.4, -0.2) is 12.6 Å². The van der Waals surface area contributed by atoms with Gasteiger partial charge in [0.2, 0.25) is 0 Å². The lowest BCUT2D eigenvalue weighted by Crippen LogP contribution is -2.20. The molecule has 2 nitrogen and oxygen atoms in total.